The largest absolute Gasteiger partial charge is 0.334 e. The van der Waals surface area contributed by atoms with E-state index in [-0.39, 0.29) is 11.5 Å². The number of amides is 1. The number of rotatable bonds is 1. The summed E-state index contributed by atoms with van der Waals surface area (Å²) in [6.07, 6.45) is 6.49. The quantitative estimate of drug-likeness (QED) is 0.677. The lowest BCUT2D eigenvalue weighted by molar-refractivity contribution is 0.0748. The van der Waals surface area contributed by atoms with Crippen molar-refractivity contribution in [2.24, 2.45) is 5.92 Å². The molecule has 1 aromatic rings. The van der Waals surface area contributed by atoms with E-state index in [2.05, 4.69) is 11.1 Å². The number of aromatic nitrogens is 1. The highest BCUT2D eigenvalue weighted by Gasteiger charge is 2.21. The van der Waals surface area contributed by atoms with Crippen molar-refractivity contribution in [2.75, 3.05) is 13.1 Å². The third-order valence-electron chi connectivity index (χ3n) is 2.59. The van der Waals surface area contributed by atoms with Gasteiger partial charge in [0.05, 0.1) is 11.8 Å². The van der Waals surface area contributed by atoms with Crippen LogP contribution in [0.15, 0.2) is 30.6 Å². The smallest absolute Gasteiger partial charge is 0.257 e. The summed E-state index contributed by atoms with van der Waals surface area (Å²) < 4.78 is 13.4. The highest BCUT2D eigenvalue weighted by Crippen LogP contribution is 2.14. The van der Waals surface area contributed by atoms with Crippen molar-refractivity contribution in [2.45, 2.75) is 6.92 Å². The van der Waals surface area contributed by atoms with E-state index >= 15 is 0 Å². The molecule has 4 heteroatoms. The highest BCUT2D eigenvalue weighted by atomic mass is 19.1. The van der Waals surface area contributed by atoms with Crippen molar-refractivity contribution in [1.29, 1.82) is 0 Å². The van der Waals surface area contributed by atoms with Crippen molar-refractivity contribution >= 4 is 5.91 Å². The molecular weight excluding hydrogens is 207 g/mol. The first kappa shape index (κ1) is 10.8. The van der Waals surface area contributed by atoms with Gasteiger partial charge in [0.15, 0.2) is 5.82 Å². The molecule has 2 heterocycles. The molecule has 1 aliphatic rings. The van der Waals surface area contributed by atoms with Gasteiger partial charge in [-0.1, -0.05) is 19.1 Å². The summed E-state index contributed by atoms with van der Waals surface area (Å²) in [5.41, 5.74) is 0.0949. The van der Waals surface area contributed by atoms with Crippen LogP contribution in [0.5, 0.6) is 0 Å². The van der Waals surface area contributed by atoms with Gasteiger partial charge >= 0.3 is 0 Å². The summed E-state index contributed by atoms with van der Waals surface area (Å²) in [5.74, 6) is -0.506. The van der Waals surface area contributed by atoms with E-state index in [1.54, 1.807) is 4.90 Å². The molecule has 0 aromatic carbocycles. The first-order chi connectivity index (χ1) is 7.68. The number of hydrogen-bond donors (Lipinski definition) is 0. The summed E-state index contributed by atoms with van der Waals surface area (Å²) in [7, 11) is 0. The predicted octanol–water partition coefficient (Wildman–Crippen LogP) is 1.87. The van der Waals surface area contributed by atoms with E-state index in [1.165, 1.54) is 12.3 Å². The Morgan fingerprint density at radius 2 is 2.44 bits per heavy atom. The van der Waals surface area contributed by atoms with Gasteiger partial charge in [0.2, 0.25) is 0 Å². The average Bonchev–Trinajstić information content (AvgIpc) is 2.29. The number of pyridine rings is 1. The molecule has 0 N–H and O–H groups in total. The molecule has 1 aliphatic heterocycles. The summed E-state index contributed by atoms with van der Waals surface area (Å²) in [6.45, 7) is 3.21. The van der Waals surface area contributed by atoms with Crippen LogP contribution in [0, 0.1) is 11.7 Å². The van der Waals surface area contributed by atoms with E-state index in [1.807, 2.05) is 13.0 Å². The minimum absolute atomic E-state index is 0.0949. The van der Waals surface area contributed by atoms with Gasteiger partial charge in [-0.3, -0.25) is 9.78 Å². The molecule has 1 aromatic heterocycles. The van der Waals surface area contributed by atoms with Crippen LogP contribution in [0.3, 0.4) is 0 Å². The third-order valence-corrected chi connectivity index (χ3v) is 2.59. The number of carbonyl (C=O) groups is 1. The first-order valence-corrected chi connectivity index (χ1v) is 5.24. The van der Waals surface area contributed by atoms with Crippen molar-refractivity contribution in [3.05, 3.63) is 42.0 Å². The van der Waals surface area contributed by atoms with Gasteiger partial charge in [-0.05, 0) is 12.0 Å². The zero-order chi connectivity index (χ0) is 11.5. The van der Waals surface area contributed by atoms with Gasteiger partial charge in [-0.15, -0.1) is 0 Å². The molecule has 1 amide bonds. The zero-order valence-electron chi connectivity index (χ0n) is 9.06. The molecule has 84 valence electrons. The fraction of sp³-hybridized carbons (Fsp3) is 0.333. The molecule has 3 nitrogen and oxygen atoms in total. The lowest BCUT2D eigenvalue weighted by atomic mass is 10.1. The maximum absolute atomic E-state index is 13.4. The van der Waals surface area contributed by atoms with Crippen LogP contribution in [0.4, 0.5) is 4.39 Å². The molecule has 0 fully saturated rings. The van der Waals surface area contributed by atoms with Crippen molar-refractivity contribution < 1.29 is 9.18 Å². The highest BCUT2D eigenvalue weighted by molar-refractivity contribution is 5.94. The van der Waals surface area contributed by atoms with Crippen LogP contribution in [0.25, 0.3) is 0 Å². The van der Waals surface area contributed by atoms with Gasteiger partial charge in [0.25, 0.3) is 5.91 Å². The Labute approximate surface area is 93.6 Å². The molecular formula is C12H13FN2O. The van der Waals surface area contributed by atoms with Gasteiger partial charge in [0, 0.05) is 19.3 Å². The SMILES string of the molecule is CC1C=CCN(C(=O)c2ccncc2F)C1. The Balaban J connectivity index is 2.20. The van der Waals surface area contributed by atoms with Crippen LogP contribution >= 0.6 is 0 Å². The van der Waals surface area contributed by atoms with Gasteiger partial charge in [-0.25, -0.2) is 4.39 Å². The fourth-order valence-corrected chi connectivity index (χ4v) is 1.79. The van der Waals surface area contributed by atoms with E-state index in [0.29, 0.717) is 19.0 Å². The van der Waals surface area contributed by atoms with E-state index in [4.69, 9.17) is 0 Å². The second-order valence-corrected chi connectivity index (χ2v) is 3.97. The first-order valence-electron chi connectivity index (χ1n) is 5.24. The van der Waals surface area contributed by atoms with Crippen LogP contribution in [-0.4, -0.2) is 28.9 Å². The maximum Gasteiger partial charge on any atom is 0.257 e. The molecule has 0 aliphatic carbocycles. The number of halogens is 1. The number of hydrogen-bond acceptors (Lipinski definition) is 2. The van der Waals surface area contributed by atoms with E-state index in [9.17, 15) is 9.18 Å². The molecule has 2 rings (SSSR count). The Hall–Kier alpha value is -1.71. The second-order valence-electron chi connectivity index (χ2n) is 3.97. The van der Waals surface area contributed by atoms with Gasteiger partial charge in [-0.2, -0.15) is 0 Å². The Bertz CT molecular complexity index is 431. The average molecular weight is 220 g/mol. The van der Waals surface area contributed by atoms with Crippen LogP contribution in [-0.2, 0) is 0 Å². The molecule has 1 unspecified atom stereocenters. The summed E-state index contributed by atoms with van der Waals surface area (Å²) >= 11 is 0. The molecule has 0 bridgehead atoms. The lowest BCUT2D eigenvalue weighted by Gasteiger charge is -2.27. The molecule has 16 heavy (non-hydrogen) atoms. The number of nitrogens with zero attached hydrogens (tertiary/aromatic N) is 2. The topological polar surface area (TPSA) is 33.2 Å². The second kappa shape index (κ2) is 4.43. The number of carbonyl (C=O) groups excluding carboxylic acids is 1. The third kappa shape index (κ3) is 2.10. The minimum Gasteiger partial charge on any atom is -0.334 e. The molecule has 1 atom stereocenters. The van der Waals surface area contributed by atoms with Crippen molar-refractivity contribution in [1.82, 2.24) is 9.88 Å². The molecule has 0 spiro atoms. The fourth-order valence-electron chi connectivity index (χ4n) is 1.79. The van der Waals surface area contributed by atoms with Crippen molar-refractivity contribution in [3.8, 4) is 0 Å². The predicted molar refractivity (Wildman–Crippen MR) is 58.4 cm³/mol. The zero-order valence-corrected chi connectivity index (χ0v) is 9.06. The molecule has 0 saturated carbocycles. The molecule has 0 radical (unpaired) electrons. The van der Waals surface area contributed by atoms with E-state index < -0.39 is 5.82 Å². The van der Waals surface area contributed by atoms with Crippen LogP contribution in [0.1, 0.15) is 17.3 Å². The van der Waals surface area contributed by atoms with Gasteiger partial charge in [0.1, 0.15) is 0 Å². The van der Waals surface area contributed by atoms with Crippen LogP contribution in [0.2, 0.25) is 0 Å². The van der Waals surface area contributed by atoms with Crippen LogP contribution < -0.4 is 0 Å². The summed E-state index contributed by atoms with van der Waals surface area (Å²) in [5, 5.41) is 0. The Kier molecular flexibility index (Phi) is 2.99. The lowest BCUT2D eigenvalue weighted by Crippen LogP contribution is -2.37. The van der Waals surface area contributed by atoms with Gasteiger partial charge < -0.3 is 4.90 Å². The minimum atomic E-state index is -0.560. The standard InChI is InChI=1S/C12H13FN2O/c1-9-3-2-6-15(8-9)12(16)10-4-5-14-7-11(10)13/h2-5,7,9H,6,8H2,1H3. The summed E-state index contributed by atoms with van der Waals surface area (Å²) in [6, 6.07) is 1.42. The Morgan fingerprint density at radius 1 is 1.62 bits per heavy atom. The monoisotopic (exact) mass is 220 g/mol. The molecule has 0 saturated heterocycles. The van der Waals surface area contributed by atoms with Crippen molar-refractivity contribution in [3.63, 3.8) is 0 Å². The van der Waals surface area contributed by atoms with E-state index in [0.717, 1.165) is 6.20 Å². The summed E-state index contributed by atoms with van der Waals surface area (Å²) in [4.78, 5) is 17.3. The normalized spacial score (nSPS) is 19.9. The maximum atomic E-state index is 13.4. The Morgan fingerprint density at radius 3 is 3.12 bits per heavy atom.